The molecule has 0 saturated carbocycles. The van der Waals surface area contributed by atoms with Crippen LogP contribution < -0.4 is 4.74 Å². The quantitative estimate of drug-likeness (QED) is 0.817. The minimum atomic E-state index is 0.561. The van der Waals surface area contributed by atoms with Crippen LogP contribution in [0.1, 0.15) is 19.5 Å². The molecule has 0 aliphatic heterocycles. The molecule has 0 amide bonds. The van der Waals surface area contributed by atoms with Crippen LogP contribution >= 0.6 is 11.6 Å². The van der Waals surface area contributed by atoms with Gasteiger partial charge in [-0.3, -0.25) is 0 Å². The van der Waals surface area contributed by atoms with Crippen LogP contribution in [0.5, 0.6) is 5.75 Å². The molecule has 2 rings (SSSR count). The minimum Gasteiger partial charge on any atom is -0.494 e. The molecular weight excluding hydrogens is 234 g/mol. The number of pyridine rings is 1. The Morgan fingerprint density at radius 2 is 2.12 bits per heavy atom. The number of para-hydroxylation sites is 1. The predicted octanol–water partition coefficient (Wildman–Crippen LogP) is 4.10. The maximum Gasteiger partial charge on any atom is 0.145 e. The average Bonchev–Trinajstić information content (AvgIpc) is 2.27. The zero-order valence-corrected chi connectivity index (χ0v) is 11.1. The normalized spacial score (nSPS) is 11.1. The molecule has 0 radical (unpaired) electrons. The molecule has 0 N–H and O–H groups in total. The Hall–Kier alpha value is -1.28. The molecule has 0 saturated heterocycles. The second-order valence-corrected chi connectivity index (χ2v) is 4.96. The first-order chi connectivity index (χ1) is 8.11. The molecule has 90 valence electrons. The van der Waals surface area contributed by atoms with Gasteiger partial charge in [-0.2, -0.15) is 0 Å². The molecule has 3 heteroatoms. The molecule has 0 bridgehead atoms. The SMILES string of the molecule is COc1cccc2c(Cl)cc(CC(C)C)nc12. The van der Waals surface area contributed by atoms with Crippen molar-refractivity contribution in [1.82, 2.24) is 4.98 Å². The lowest BCUT2D eigenvalue weighted by molar-refractivity contribution is 0.418. The first-order valence-electron chi connectivity index (χ1n) is 5.74. The van der Waals surface area contributed by atoms with Crippen molar-refractivity contribution in [3.05, 3.63) is 35.0 Å². The zero-order chi connectivity index (χ0) is 12.4. The van der Waals surface area contributed by atoms with E-state index < -0.39 is 0 Å². The molecule has 0 spiro atoms. The molecule has 2 aromatic rings. The van der Waals surface area contributed by atoms with E-state index in [0.717, 1.165) is 33.8 Å². The number of halogens is 1. The van der Waals surface area contributed by atoms with Gasteiger partial charge in [0.15, 0.2) is 0 Å². The van der Waals surface area contributed by atoms with Crippen LogP contribution in [0.15, 0.2) is 24.3 Å². The summed E-state index contributed by atoms with van der Waals surface area (Å²) in [5.41, 5.74) is 1.86. The van der Waals surface area contributed by atoms with Gasteiger partial charge >= 0.3 is 0 Å². The van der Waals surface area contributed by atoms with E-state index in [9.17, 15) is 0 Å². The second-order valence-electron chi connectivity index (χ2n) is 4.55. The van der Waals surface area contributed by atoms with Gasteiger partial charge in [-0.1, -0.05) is 37.6 Å². The van der Waals surface area contributed by atoms with Crippen LogP contribution in [-0.2, 0) is 6.42 Å². The van der Waals surface area contributed by atoms with Crippen molar-refractivity contribution in [3.8, 4) is 5.75 Å². The van der Waals surface area contributed by atoms with Crippen LogP contribution in [0, 0.1) is 5.92 Å². The summed E-state index contributed by atoms with van der Waals surface area (Å²) in [5, 5.41) is 1.68. The third-order valence-electron chi connectivity index (χ3n) is 2.64. The number of ether oxygens (including phenoxy) is 1. The van der Waals surface area contributed by atoms with E-state index in [2.05, 4.69) is 18.8 Å². The van der Waals surface area contributed by atoms with Crippen LogP contribution in [0.3, 0.4) is 0 Å². The van der Waals surface area contributed by atoms with Gasteiger partial charge in [0.05, 0.1) is 12.1 Å². The maximum atomic E-state index is 6.28. The first-order valence-corrected chi connectivity index (χ1v) is 6.11. The average molecular weight is 250 g/mol. The summed E-state index contributed by atoms with van der Waals surface area (Å²) in [5.74, 6) is 1.33. The fraction of sp³-hybridized carbons (Fsp3) is 0.357. The molecule has 1 aromatic heterocycles. The van der Waals surface area contributed by atoms with Crippen LogP contribution in [0.4, 0.5) is 0 Å². The lowest BCUT2D eigenvalue weighted by Crippen LogP contribution is -1.98. The Kier molecular flexibility index (Phi) is 3.53. The number of hydrogen-bond donors (Lipinski definition) is 0. The van der Waals surface area contributed by atoms with Crippen LogP contribution in [0.2, 0.25) is 5.02 Å². The summed E-state index contributed by atoms with van der Waals surface area (Å²) < 4.78 is 5.32. The summed E-state index contributed by atoms with van der Waals surface area (Å²) >= 11 is 6.28. The van der Waals surface area contributed by atoms with E-state index in [4.69, 9.17) is 16.3 Å². The number of benzene rings is 1. The highest BCUT2D eigenvalue weighted by Crippen LogP contribution is 2.30. The minimum absolute atomic E-state index is 0.561. The van der Waals surface area contributed by atoms with E-state index in [-0.39, 0.29) is 0 Å². The summed E-state index contributed by atoms with van der Waals surface area (Å²) in [6, 6.07) is 7.75. The van der Waals surface area contributed by atoms with Crippen molar-refractivity contribution in [1.29, 1.82) is 0 Å². The monoisotopic (exact) mass is 249 g/mol. The first kappa shape index (κ1) is 12.2. The molecule has 17 heavy (non-hydrogen) atoms. The number of methoxy groups -OCH3 is 1. The van der Waals surface area contributed by atoms with E-state index in [0.29, 0.717) is 5.92 Å². The van der Waals surface area contributed by atoms with E-state index in [1.54, 1.807) is 7.11 Å². The lowest BCUT2D eigenvalue weighted by Gasteiger charge is -2.10. The zero-order valence-electron chi connectivity index (χ0n) is 10.3. The predicted molar refractivity (Wildman–Crippen MR) is 71.8 cm³/mol. The third-order valence-corrected chi connectivity index (χ3v) is 2.96. The van der Waals surface area contributed by atoms with Crippen molar-refractivity contribution in [2.75, 3.05) is 7.11 Å². The van der Waals surface area contributed by atoms with E-state index in [1.165, 1.54) is 0 Å². The Bertz CT molecular complexity index is 537. The highest BCUT2D eigenvalue weighted by atomic mass is 35.5. The number of rotatable bonds is 3. The molecule has 1 heterocycles. The Morgan fingerprint density at radius 1 is 1.35 bits per heavy atom. The topological polar surface area (TPSA) is 22.1 Å². The van der Waals surface area contributed by atoms with Crippen LogP contribution in [0.25, 0.3) is 10.9 Å². The van der Waals surface area contributed by atoms with Crippen molar-refractivity contribution in [3.63, 3.8) is 0 Å². The van der Waals surface area contributed by atoms with E-state index >= 15 is 0 Å². The summed E-state index contributed by atoms with van der Waals surface area (Å²) in [7, 11) is 1.65. The van der Waals surface area contributed by atoms with Gasteiger partial charge in [-0.05, 0) is 24.5 Å². The number of aromatic nitrogens is 1. The van der Waals surface area contributed by atoms with Crippen molar-refractivity contribution < 1.29 is 4.74 Å². The molecule has 0 fully saturated rings. The fourth-order valence-corrected chi connectivity index (χ4v) is 2.20. The van der Waals surface area contributed by atoms with Gasteiger partial charge in [0.25, 0.3) is 0 Å². The maximum absolute atomic E-state index is 6.28. The smallest absolute Gasteiger partial charge is 0.145 e. The number of nitrogens with zero attached hydrogens (tertiary/aromatic N) is 1. The highest BCUT2D eigenvalue weighted by molar-refractivity contribution is 6.35. The third kappa shape index (κ3) is 2.52. The Labute approximate surface area is 107 Å². The van der Waals surface area contributed by atoms with Crippen LogP contribution in [-0.4, -0.2) is 12.1 Å². The van der Waals surface area contributed by atoms with Gasteiger partial charge in [-0.15, -0.1) is 0 Å². The Morgan fingerprint density at radius 3 is 2.76 bits per heavy atom. The molecule has 0 aliphatic rings. The van der Waals surface area contributed by atoms with Crippen molar-refractivity contribution in [2.24, 2.45) is 5.92 Å². The highest BCUT2D eigenvalue weighted by Gasteiger charge is 2.09. The van der Waals surface area contributed by atoms with Gasteiger partial charge in [-0.25, -0.2) is 4.98 Å². The van der Waals surface area contributed by atoms with Crippen molar-refractivity contribution >= 4 is 22.5 Å². The van der Waals surface area contributed by atoms with Gasteiger partial charge in [0, 0.05) is 11.1 Å². The molecule has 0 aliphatic carbocycles. The lowest BCUT2D eigenvalue weighted by atomic mass is 10.1. The standard InChI is InChI=1S/C14H16ClNO/c1-9(2)7-10-8-12(15)11-5-4-6-13(17-3)14(11)16-10/h4-6,8-9H,7H2,1-3H3. The van der Waals surface area contributed by atoms with Gasteiger partial charge < -0.3 is 4.74 Å². The number of hydrogen-bond acceptors (Lipinski definition) is 2. The molecule has 0 unspecified atom stereocenters. The number of fused-ring (bicyclic) bond motifs is 1. The molecule has 1 aromatic carbocycles. The van der Waals surface area contributed by atoms with Gasteiger partial charge in [0.1, 0.15) is 11.3 Å². The van der Waals surface area contributed by atoms with E-state index in [1.807, 2.05) is 24.3 Å². The molecule has 0 atom stereocenters. The fourth-order valence-electron chi connectivity index (χ4n) is 1.92. The Balaban J connectivity index is 2.61. The molecule has 2 nitrogen and oxygen atoms in total. The van der Waals surface area contributed by atoms with Crippen molar-refractivity contribution in [2.45, 2.75) is 20.3 Å². The largest absolute Gasteiger partial charge is 0.494 e. The second kappa shape index (κ2) is 4.92. The molecular formula is C14H16ClNO. The summed E-state index contributed by atoms with van der Waals surface area (Å²) in [6.45, 7) is 4.34. The summed E-state index contributed by atoms with van der Waals surface area (Å²) in [4.78, 5) is 4.64. The summed E-state index contributed by atoms with van der Waals surface area (Å²) in [6.07, 6.45) is 0.924. The van der Waals surface area contributed by atoms with Gasteiger partial charge in [0.2, 0.25) is 0 Å².